The van der Waals surface area contributed by atoms with E-state index < -0.39 is 0 Å². The lowest BCUT2D eigenvalue weighted by Crippen LogP contribution is -2.52. The number of para-hydroxylation sites is 1. The fourth-order valence-electron chi connectivity index (χ4n) is 5.36. The summed E-state index contributed by atoms with van der Waals surface area (Å²) in [5.74, 6) is -0.0887. The average molecular weight is 487 g/mol. The molecular weight excluding hydrogens is 452 g/mol. The summed E-state index contributed by atoms with van der Waals surface area (Å²) in [6, 6.07) is 16.9. The Morgan fingerprint density at radius 3 is 2.75 bits per heavy atom. The predicted molar refractivity (Wildman–Crippen MR) is 145 cm³/mol. The van der Waals surface area contributed by atoms with Crippen LogP contribution in [0.3, 0.4) is 0 Å². The van der Waals surface area contributed by atoms with Gasteiger partial charge in [-0.2, -0.15) is 5.10 Å². The first-order chi connectivity index (χ1) is 17.4. The lowest BCUT2D eigenvalue weighted by Gasteiger charge is -2.41. The zero-order chi connectivity index (χ0) is 25.2. The number of hydrogen-bond donors (Lipinski definition) is 1. The standard InChI is InChI=1S/C28H34N6O2/c1-20-8-6-9-22(16-20)33-15-14-32(18-21(33)2)13-7-12-29-26(35)19-34-25-11-5-4-10-23(25)24-17-30-31(3)28(36)27(24)34/h4-6,8-11,16-17,21H,7,12-15,18-19H2,1-3H3,(H,29,35). The molecule has 8 heteroatoms. The molecule has 1 aliphatic heterocycles. The SMILES string of the molecule is Cc1cccc(N2CCN(CCCNC(=O)Cn3c4ccccc4c4cnn(C)c(=O)c43)CC2C)c1. The molecule has 36 heavy (non-hydrogen) atoms. The fourth-order valence-corrected chi connectivity index (χ4v) is 5.36. The number of rotatable bonds is 7. The highest BCUT2D eigenvalue weighted by molar-refractivity contribution is 6.07. The number of benzene rings is 2. The van der Waals surface area contributed by atoms with E-state index in [-0.39, 0.29) is 18.0 Å². The van der Waals surface area contributed by atoms with Crippen molar-refractivity contribution in [3.8, 4) is 0 Å². The van der Waals surface area contributed by atoms with Gasteiger partial charge in [0.2, 0.25) is 5.91 Å². The number of carbonyl (C=O) groups is 1. The Kier molecular flexibility index (Phi) is 6.78. The molecule has 2 aromatic carbocycles. The molecule has 1 unspecified atom stereocenters. The van der Waals surface area contributed by atoms with Gasteiger partial charge in [-0.3, -0.25) is 14.5 Å². The quantitative estimate of drug-likeness (QED) is 0.407. The summed E-state index contributed by atoms with van der Waals surface area (Å²) in [6.07, 6.45) is 2.59. The lowest BCUT2D eigenvalue weighted by atomic mass is 10.1. The van der Waals surface area contributed by atoms with E-state index in [0.717, 1.165) is 48.9 Å². The minimum atomic E-state index is -0.199. The molecule has 4 aromatic rings. The maximum Gasteiger partial charge on any atom is 0.291 e. The number of nitrogens with zero attached hydrogens (tertiary/aromatic N) is 5. The second-order valence-electron chi connectivity index (χ2n) is 9.82. The van der Waals surface area contributed by atoms with Crippen LogP contribution in [0.25, 0.3) is 21.8 Å². The molecule has 1 aliphatic rings. The Morgan fingerprint density at radius 1 is 1.11 bits per heavy atom. The maximum absolute atomic E-state index is 12.8. The van der Waals surface area contributed by atoms with Crippen molar-refractivity contribution in [3.63, 3.8) is 0 Å². The molecule has 1 fully saturated rings. The third kappa shape index (κ3) is 4.73. The van der Waals surface area contributed by atoms with E-state index in [1.165, 1.54) is 15.9 Å². The van der Waals surface area contributed by atoms with Crippen molar-refractivity contribution in [3.05, 3.63) is 70.6 Å². The van der Waals surface area contributed by atoms with E-state index in [0.29, 0.717) is 18.1 Å². The number of aromatic nitrogens is 3. The van der Waals surface area contributed by atoms with E-state index in [9.17, 15) is 9.59 Å². The second-order valence-corrected chi connectivity index (χ2v) is 9.82. The third-order valence-corrected chi connectivity index (χ3v) is 7.19. The van der Waals surface area contributed by atoms with Crippen molar-refractivity contribution < 1.29 is 4.79 Å². The summed E-state index contributed by atoms with van der Waals surface area (Å²) in [7, 11) is 1.63. The van der Waals surface area contributed by atoms with Crippen molar-refractivity contribution in [2.45, 2.75) is 32.9 Å². The zero-order valence-electron chi connectivity index (χ0n) is 21.3. The van der Waals surface area contributed by atoms with Crippen molar-refractivity contribution in [2.24, 2.45) is 7.05 Å². The minimum absolute atomic E-state index is 0.0887. The van der Waals surface area contributed by atoms with Gasteiger partial charge in [-0.25, -0.2) is 4.68 Å². The monoisotopic (exact) mass is 486 g/mol. The van der Waals surface area contributed by atoms with Crippen molar-refractivity contribution >= 4 is 33.4 Å². The number of aryl methyl sites for hydroxylation is 2. The summed E-state index contributed by atoms with van der Waals surface area (Å²) in [4.78, 5) is 30.6. The van der Waals surface area contributed by atoms with Crippen LogP contribution < -0.4 is 15.8 Å². The highest BCUT2D eigenvalue weighted by atomic mass is 16.2. The molecule has 1 atom stereocenters. The van der Waals surface area contributed by atoms with Crippen LogP contribution in [0.1, 0.15) is 18.9 Å². The number of anilines is 1. The van der Waals surface area contributed by atoms with Gasteiger partial charge in [0, 0.05) is 61.2 Å². The molecule has 0 bridgehead atoms. The molecule has 2 aromatic heterocycles. The molecule has 1 saturated heterocycles. The number of carbonyl (C=O) groups excluding carboxylic acids is 1. The molecule has 3 heterocycles. The zero-order valence-corrected chi connectivity index (χ0v) is 21.3. The van der Waals surface area contributed by atoms with Crippen LogP contribution in [0.2, 0.25) is 0 Å². The molecule has 8 nitrogen and oxygen atoms in total. The first-order valence-electron chi connectivity index (χ1n) is 12.7. The van der Waals surface area contributed by atoms with Crippen LogP contribution in [0.5, 0.6) is 0 Å². The number of piperazine rings is 1. The van der Waals surface area contributed by atoms with Gasteiger partial charge < -0.3 is 14.8 Å². The van der Waals surface area contributed by atoms with Gasteiger partial charge in [-0.1, -0.05) is 30.3 Å². The molecule has 1 N–H and O–H groups in total. The molecule has 188 valence electrons. The summed E-state index contributed by atoms with van der Waals surface area (Å²) in [6.45, 7) is 9.13. The minimum Gasteiger partial charge on any atom is -0.366 e. The Balaban J connectivity index is 1.16. The fraction of sp³-hybridized carbons (Fsp3) is 0.393. The van der Waals surface area contributed by atoms with E-state index in [4.69, 9.17) is 0 Å². The Hall–Kier alpha value is -3.65. The Bertz CT molecular complexity index is 1460. The summed E-state index contributed by atoms with van der Waals surface area (Å²) in [5, 5.41) is 8.94. The van der Waals surface area contributed by atoms with Crippen LogP contribution in [-0.4, -0.2) is 63.9 Å². The van der Waals surface area contributed by atoms with Crippen LogP contribution >= 0.6 is 0 Å². The summed E-state index contributed by atoms with van der Waals surface area (Å²) in [5.41, 5.74) is 3.77. The van der Waals surface area contributed by atoms with Crippen LogP contribution in [-0.2, 0) is 18.4 Å². The van der Waals surface area contributed by atoms with Crippen molar-refractivity contribution in [2.75, 3.05) is 37.6 Å². The van der Waals surface area contributed by atoms with Gasteiger partial charge >= 0.3 is 0 Å². The molecule has 0 aliphatic carbocycles. The molecule has 1 amide bonds. The highest BCUT2D eigenvalue weighted by Gasteiger charge is 2.23. The van der Waals surface area contributed by atoms with E-state index in [2.05, 4.69) is 58.3 Å². The van der Waals surface area contributed by atoms with Gasteiger partial charge in [-0.15, -0.1) is 0 Å². The van der Waals surface area contributed by atoms with Crippen molar-refractivity contribution in [1.82, 2.24) is 24.6 Å². The lowest BCUT2D eigenvalue weighted by molar-refractivity contribution is -0.121. The maximum atomic E-state index is 12.8. The number of amides is 1. The second kappa shape index (κ2) is 10.1. The van der Waals surface area contributed by atoms with Crippen LogP contribution in [0, 0.1) is 6.92 Å². The first kappa shape index (κ1) is 24.1. The topological polar surface area (TPSA) is 75.4 Å². The average Bonchev–Trinajstić information content (AvgIpc) is 3.18. The van der Waals surface area contributed by atoms with Gasteiger partial charge in [0.25, 0.3) is 5.56 Å². The Morgan fingerprint density at radius 2 is 1.94 bits per heavy atom. The van der Waals surface area contributed by atoms with Gasteiger partial charge in [0.15, 0.2) is 0 Å². The summed E-state index contributed by atoms with van der Waals surface area (Å²) < 4.78 is 3.13. The van der Waals surface area contributed by atoms with E-state index in [1.54, 1.807) is 13.2 Å². The molecule has 0 saturated carbocycles. The largest absolute Gasteiger partial charge is 0.366 e. The normalized spacial score (nSPS) is 16.6. The Labute approximate surface area is 211 Å². The molecule has 0 radical (unpaired) electrons. The van der Waals surface area contributed by atoms with Crippen LogP contribution in [0.4, 0.5) is 5.69 Å². The molecular formula is C28H34N6O2. The van der Waals surface area contributed by atoms with Crippen molar-refractivity contribution in [1.29, 1.82) is 0 Å². The molecule has 0 spiro atoms. The summed E-state index contributed by atoms with van der Waals surface area (Å²) >= 11 is 0. The first-order valence-corrected chi connectivity index (χ1v) is 12.7. The predicted octanol–water partition coefficient (Wildman–Crippen LogP) is 2.91. The van der Waals surface area contributed by atoms with Crippen LogP contribution in [0.15, 0.2) is 59.5 Å². The number of fused-ring (bicyclic) bond motifs is 3. The van der Waals surface area contributed by atoms with Gasteiger partial charge in [0.1, 0.15) is 12.1 Å². The smallest absolute Gasteiger partial charge is 0.291 e. The number of nitrogens with one attached hydrogen (secondary N) is 1. The molecule has 5 rings (SSSR count). The highest BCUT2D eigenvalue weighted by Crippen LogP contribution is 2.26. The third-order valence-electron chi connectivity index (χ3n) is 7.19. The number of hydrogen-bond acceptors (Lipinski definition) is 5. The van der Waals surface area contributed by atoms with E-state index >= 15 is 0 Å². The van der Waals surface area contributed by atoms with Gasteiger partial charge in [-0.05, 0) is 50.6 Å². The van der Waals surface area contributed by atoms with Gasteiger partial charge in [0.05, 0.1) is 6.20 Å². The van der Waals surface area contributed by atoms with E-state index in [1.807, 2.05) is 28.8 Å².